The maximum absolute atomic E-state index is 12.5. The zero-order valence-electron chi connectivity index (χ0n) is 16.6. The second-order valence-electron chi connectivity index (χ2n) is 7.26. The Labute approximate surface area is 165 Å². The Kier molecular flexibility index (Phi) is 10.7. The lowest BCUT2D eigenvalue weighted by molar-refractivity contribution is -0.123. The Morgan fingerprint density at radius 3 is 2.61 bits per heavy atom. The number of nitrogens with zero attached hydrogens (tertiary/aromatic N) is 1. The number of ether oxygens (including phenoxy) is 1. The smallest absolute Gasteiger partial charge is 0.444 e. The minimum atomic E-state index is -2.54. The first-order valence-corrected chi connectivity index (χ1v) is 10.3. The fraction of sp³-hybridized carbons (Fsp3) is 0.706. The van der Waals surface area contributed by atoms with Gasteiger partial charge in [0.1, 0.15) is 18.2 Å². The first-order valence-electron chi connectivity index (χ1n) is 9.21. The highest BCUT2D eigenvalue weighted by Gasteiger charge is 2.24. The Morgan fingerprint density at radius 1 is 1.29 bits per heavy atom. The number of hydrogen-bond acceptors (Lipinski definition) is 6. The van der Waals surface area contributed by atoms with Gasteiger partial charge in [0.2, 0.25) is 5.91 Å². The maximum atomic E-state index is 12.5. The van der Waals surface area contributed by atoms with Crippen molar-refractivity contribution in [1.29, 1.82) is 0 Å². The van der Waals surface area contributed by atoms with Crippen LogP contribution >= 0.6 is 8.25 Å². The second-order valence-corrected chi connectivity index (χ2v) is 7.99. The van der Waals surface area contributed by atoms with Gasteiger partial charge in [0.05, 0.1) is 6.33 Å². The average molecular weight is 417 g/mol. The van der Waals surface area contributed by atoms with Crippen molar-refractivity contribution in [1.82, 2.24) is 20.6 Å². The fourth-order valence-electron chi connectivity index (χ4n) is 2.33. The van der Waals surface area contributed by atoms with Crippen LogP contribution in [0.2, 0.25) is 0 Å². The van der Waals surface area contributed by atoms with Crippen LogP contribution in [0.5, 0.6) is 0 Å². The molecule has 0 fully saturated rings. The molecule has 158 valence electrons. The molecule has 0 aliphatic heterocycles. The molecule has 0 aliphatic rings. The van der Waals surface area contributed by atoms with Crippen LogP contribution < -0.4 is 10.6 Å². The first-order chi connectivity index (χ1) is 13.2. The zero-order chi connectivity index (χ0) is 21.0. The standard InChI is InChI=1S/C17H29N4O6P/c1-17(2,3)27-16(23)21-14(10-13-11-18-12-20-13)15(22)19-8-6-4-5-7-9-26-28(24)25/h11-12,14H,4-10H2,1-3H3,(H3-,18,19,20,21,22,23,24,25)/p+1/t14-/m0/s1. The summed E-state index contributed by atoms with van der Waals surface area (Å²) >= 11 is 0. The molecular formula is C17H30N4O6P+. The van der Waals surface area contributed by atoms with Crippen molar-refractivity contribution in [3.05, 3.63) is 18.2 Å². The average Bonchev–Trinajstić information content (AvgIpc) is 3.07. The summed E-state index contributed by atoms with van der Waals surface area (Å²) < 4.78 is 20.2. The van der Waals surface area contributed by atoms with Crippen molar-refractivity contribution < 1.29 is 28.3 Å². The monoisotopic (exact) mass is 417 g/mol. The lowest BCUT2D eigenvalue weighted by Crippen LogP contribution is -2.49. The van der Waals surface area contributed by atoms with E-state index >= 15 is 0 Å². The van der Waals surface area contributed by atoms with Gasteiger partial charge in [-0.2, -0.15) is 0 Å². The number of imidazole rings is 1. The number of amides is 2. The Bertz CT molecular complexity index is 618. The number of H-pyrrole nitrogens is 1. The summed E-state index contributed by atoms with van der Waals surface area (Å²) in [5.74, 6) is -0.305. The molecule has 0 radical (unpaired) electrons. The van der Waals surface area contributed by atoms with Crippen LogP contribution in [0.3, 0.4) is 0 Å². The highest BCUT2D eigenvalue weighted by atomic mass is 31.1. The molecule has 11 heteroatoms. The van der Waals surface area contributed by atoms with E-state index < -0.39 is 26.0 Å². The van der Waals surface area contributed by atoms with E-state index in [0.29, 0.717) is 13.0 Å². The van der Waals surface area contributed by atoms with E-state index in [1.807, 2.05) is 0 Å². The molecule has 2 atom stereocenters. The molecule has 1 heterocycles. The number of aromatic nitrogens is 2. The van der Waals surface area contributed by atoms with E-state index in [1.54, 1.807) is 27.0 Å². The summed E-state index contributed by atoms with van der Waals surface area (Å²) in [4.78, 5) is 39.9. The zero-order valence-corrected chi connectivity index (χ0v) is 17.5. The van der Waals surface area contributed by atoms with Gasteiger partial charge in [-0.1, -0.05) is 12.8 Å². The van der Waals surface area contributed by atoms with Gasteiger partial charge < -0.3 is 20.4 Å². The minimum absolute atomic E-state index is 0.240. The third-order valence-corrected chi connectivity index (χ3v) is 3.96. The van der Waals surface area contributed by atoms with Crippen molar-refractivity contribution in [3.63, 3.8) is 0 Å². The summed E-state index contributed by atoms with van der Waals surface area (Å²) in [5.41, 5.74) is 0.0602. The number of nitrogens with one attached hydrogen (secondary N) is 3. The van der Waals surface area contributed by atoms with E-state index in [2.05, 4.69) is 25.1 Å². The predicted octanol–water partition coefficient (Wildman–Crippen LogP) is 2.19. The van der Waals surface area contributed by atoms with Crippen LogP contribution in [0.25, 0.3) is 0 Å². The molecule has 2 amide bonds. The molecule has 0 spiro atoms. The molecule has 1 rings (SSSR count). The third kappa shape index (κ3) is 11.6. The summed E-state index contributed by atoms with van der Waals surface area (Å²) in [6.07, 6.45) is 5.81. The van der Waals surface area contributed by atoms with Crippen LogP contribution in [-0.4, -0.2) is 51.7 Å². The van der Waals surface area contributed by atoms with E-state index in [-0.39, 0.29) is 18.9 Å². The highest BCUT2D eigenvalue weighted by molar-refractivity contribution is 7.32. The van der Waals surface area contributed by atoms with E-state index in [0.717, 1.165) is 25.0 Å². The molecular weight excluding hydrogens is 387 g/mol. The highest BCUT2D eigenvalue weighted by Crippen LogP contribution is 2.15. The molecule has 0 aliphatic carbocycles. The van der Waals surface area contributed by atoms with Gasteiger partial charge in [-0.3, -0.25) is 4.79 Å². The molecule has 4 N–H and O–H groups in total. The van der Waals surface area contributed by atoms with Gasteiger partial charge in [0, 0.05) is 29.4 Å². The van der Waals surface area contributed by atoms with Crippen molar-refractivity contribution in [2.75, 3.05) is 13.2 Å². The number of carbonyl (C=O) groups excluding carboxylic acids is 2. The Morgan fingerprint density at radius 2 is 2.00 bits per heavy atom. The van der Waals surface area contributed by atoms with E-state index in [1.165, 1.54) is 6.33 Å². The van der Waals surface area contributed by atoms with Gasteiger partial charge in [0.25, 0.3) is 0 Å². The van der Waals surface area contributed by atoms with Gasteiger partial charge in [-0.25, -0.2) is 9.78 Å². The summed E-state index contributed by atoms with van der Waals surface area (Å²) in [6.45, 7) is 5.95. The topological polar surface area (TPSA) is 143 Å². The number of carbonyl (C=O) groups is 2. The molecule has 28 heavy (non-hydrogen) atoms. The molecule has 10 nitrogen and oxygen atoms in total. The summed E-state index contributed by atoms with van der Waals surface area (Å²) in [6, 6.07) is -0.787. The summed E-state index contributed by atoms with van der Waals surface area (Å²) in [7, 11) is -2.54. The predicted molar refractivity (Wildman–Crippen MR) is 103 cm³/mol. The molecule has 0 saturated carbocycles. The number of alkyl carbamates (subject to hydrolysis) is 1. The maximum Gasteiger partial charge on any atom is 0.694 e. The lowest BCUT2D eigenvalue weighted by atomic mass is 10.1. The summed E-state index contributed by atoms with van der Waals surface area (Å²) in [5, 5.41) is 5.41. The van der Waals surface area contributed by atoms with Crippen molar-refractivity contribution in [2.24, 2.45) is 0 Å². The van der Waals surface area contributed by atoms with Crippen molar-refractivity contribution >= 4 is 20.3 Å². The van der Waals surface area contributed by atoms with E-state index in [4.69, 9.17) is 9.63 Å². The number of unbranched alkanes of at least 4 members (excludes halogenated alkanes) is 3. The molecule has 0 saturated heterocycles. The molecule has 1 aromatic rings. The van der Waals surface area contributed by atoms with Crippen LogP contribution in [0, 0.1) is 0 Å². The Balaban J connectivity index is 2.40. The minimum Gasteiger partial charge on any atom is -0.444 e. The van der Waals surface area contributed by atoms with Crippen LogP contribution in [0.15, 0.2) is 12.5 Å². The SMILES string of the molecule is CC(C)(C)OC(=O)N[C@@H](Cc1cnc[nH]1)C(=O)NCCCCCCO[P+](=O)O. The van der Waals surface area contributed by atoms with Crippen molar-refractivity contribution in [3.8, 4) is 0 Å². The molecule has 0 aromatic carbocycles. The molecule has 0 bridgehead atoms. The van der Waals surface area contributed by atoms with Gasteiger partial charge >= 0.3 is 14.3 Å². The third-order valence-electron chi connectivity index (χ3n) is 3.56. The Hall–Kier alpha value is -2.03. The van der Waals surface area contributed by atoms with Crippen LogP contribution in [-0.2, 0) is 25.0 Å². The fourth-order valence-corrected chi connectivity index (χ4v) is 2.62. The van der Waals surface area contributed by atoms with Crippen molar-refractivity contribution in [2.45, 2.75) is 64.5 Å². The molecule has 1 aromatic heterocycles. The lowest BCUT2D eigenvalue weighted by Gasteiger charge is -2.23. The first kappa shape index (κ1) is 24.0. The normalized spacial score (nSPS) is 12.9. The second kappa shape index (κ2) is 12.4. The van der Waals surface area contributed by atoms with Crippen LogP contribution in [0.1, 0.15) is 52.1 Å². The number of rotatable bonds is 12. The van der Waals surface area contributed by atoms with Gasteiger partial charge in [-0.05, 0) is 33.6 Å². The van der Waals surface area contributed by atoms with Crippen LogP contribution in [0.4, 0.5) is 4.79 Å². The van der Waals surface area contributed by atoms with Gasteiger partial charge in [0.15, 0.2) is 0 Å². The quantitative estimate of drug-likeness (QED) is 0.301. The number of hydrogen-bond donors (Lipinski definition) is 4. The largest absolute Gasteiger partial charge is 0.694 e. The number of aromatic amines is 1. The van der Waals surface area contributed by atoms with Gasteiger partial charge in [-0.15, -0.1) is 9.42 Å². The van der Waals surface area contributed by atoms with E-state index in [9.17, 15) is 14.2 Å². The molecule has 1 unspecified atom stereocenters.